The fourth-order valence-corrected chi connectivity index (χ4v) is 1.30. The average molecular weight is 207 g/mol. The van der Waals surface area contributed by atoms with Gasteiger partial charge in [0.15, 0.2) is 0 Å². The predicted molar refractivity (Wildman–Crippen MR) is 64.5 cm³/mol. The zero-order chi connectivity index (χ0) is 10.2. The van der Waals surface area contributed by atoms with E-state index in [4.69, 9.17) is 11.6 Å². The molecule has 1 aromatic carbocycles. The molecular weight excluding hydrogens is 192 g/mol. The van der Waals surface area contributed by atoms with Crippen LogP contribution in [0.15, 0.2) is 43.0 Å². The van der Waals surface area contributed by atoms with E-state index in [2.05, 4.69) is 18.7 Å². The van der Waals surface area contributed by atoms with Gasteiger partial charge in [-0.05, 0) is 37.0 Å². The highest BCUT2D eigenvalue weighted by Crippen LogP contribution is 2.11. The highest BCUT2D eigenvalue weighted by molar-refractivity contribution is 6.30. The second-order valence-corrected chi connectivity index (χ2v) is 3.61. The lowest BCUT2D eigenvalue weighted by atomic mass is 10.1. The van der Waals surface area contributed by atoms with Crippen molar-refractivity contribution in [3.8, 4) is 0 Å². The van der Waals surface area contributed by atoms with Gasteiger partial charge in [-0.15, -0.1) is 6.58 Å². The van der Waals surface area contributed by atoms with Gasteiger partial charge in [-0.25, -0.2) is 0 Å². The van der Waals surface area contributed by atoms with Crippen molar-refractivity contribution >= 4 is 17.7 Å². The molecule has 0 nitrogen and oxygen atoms in total. The highest BCUT2D eigenvalue weighted by Gasteiger charge is 1.87. The molecule has 0 spiro atoms. The van der Waals surface area contributed by atoms with Crippen molar-refractivity contribution in [2.45, 2.75) is 19.3 Å². The van der Waals surface area contributed by atoms with Crippen molar-refractivity contribution in [1.82, 2.24) is 0 Å². The second kappa shape index (κ2) is 6.44. The minimum atomic E-state index is 0.786. The van der Waals surface area contributed by atoms with Crippen LogP contribution in [0.25, 0.3) is 6.08 Å². The molecule has 1 aromatic rings. The van der Waals surface area contributed by atoms with Gasteiger partial charge >= 0.3 is 0 Å². The number of halogens is 1. The quantitative estimate of drug-likeness (QED) is 0.484. The smallest absolute Gasteiger partial charge is 0.0406 e. The van der Waals surface area contributed by atoms with Crippen LogP contribution in [0.4, 0.5) is 0 Å². The number of hydrogen-bond acceptors (Lipinski definition) is 0. The third-order valence-electron chi connectivity index (χ3n) is 1.96. The predicted octanol–water partition coefficient (Wildman–Crippen LogP) is 4.71. The summed E-state index contributed by atoms with van der Waals surface area (Å²) in [7, 11) is 0. The van der Waals surface area contributed by atoms with Crippen molar-refractivity contribution in [1.29, 1.82) is 0 Å². The summed E-state index contributed by atoms with van der Waals surface area (Å²) in [6, 6.07) is 7.86. The summed E-state index contributed by atoms with van der Waals surface area (Å²) in [5.74, 6) is 0. The molecule has 0 heterocycles. The van der Waals surface area contributed by atoms with Crippen LogP contribution in [-0.4, -0.2) is 0 Å². The van der Waals surface area contributed by atoms with Gasteiger partial charge < -0.3 is 0 Å². The molecule has 0 aliphatic rings. The number of rotatable bonds is 5. The SMILES string of the molecule is C=CCCCC=Cc1ccc(Cl)cc1. The molecule has 0 N–H and O–H groups in total. The Morgan fingerprint density at radius 3 is 2.50 bits per heavy atom. The minimum Gasteiger partial charge on any atom is -0.103 e. The molecule has 1 heteroatoms. The fraction of sp³-hybridized carbons (Fsp3) is 0.231. The molecule has 0 bridgehead atoms. The summed E-state index contributed by atoms with van der Waals surface area (Å²) in [4.78, 5) is 0. The van der Waals surface area contributed by atoms with E-state index < -0.39 is 0 Å². The Kier molecular flexibility index (Phi) is 5.09. The lowest BCUT2D eigenvalue weighted by molar-refractivity contribution is 0.872. The largest absolute Gasteiger partial charge is 0.103 e. The summed E-state index contributed by atoms with van der Waals surface area (Å²) in [6.07, 6.45) is 9.63. The molecule has 0 aliphatic heterocycles. The van der Waals surface area contributed by atoms with Crippen molar-refractivity contribution in [2.24, 2.45) is 0 Å². The molecule has 74 valence electrons. The van der Waals surface area contributed by atoms with E-state index in [1.54, 1.807) is 0 Å². The van der Waals surface area contributed by atoms with Crippen LogP contribution in [-0.2, 0) is 0 Å². The van der Waals surface area contributed by atoms with Crippen molar-refractivity contribution in [3.63, 3.8) is 0 Å². The van der Waals surface area contributed by atoms with Crippen LogP contribution >= 0.6 is 11.6 Å². The molecule has 0 amide bonds. The molecule has 0 atom stereocenters. The van der Waals surface area contributed by atoms with Gasteiger partial charge in [-0.3, -0.25) is 0 Å². The van der Waals surface area contributed by atoms with E-state index in [0.29, 0.717) is 0 Å². The molecule has 0 fully saturated rings. The maximum atomic E-state index is 5.78. The monoisotopic (exact) mass is 206 g/mol. The number of allylic oxidation sites excluding steroid dienone is 2. The van der Waals surface area contributed by atoms with E-state index in [9.17, 15) is 0 Å². The van der Waals surface area contributed by atoms with E-state index in [-0.39, 0.29) is 0 Å². The molecule has 0 saturated heterocycles. The van der Waals surface area contributed by atoms with Gasteiger partial charge in [0.2, 0.25) is 0 Å². The second-order valence-electron chi connectivity index (χ2n) is 3.17. The van der Waals surface area contributed by atoms with Gasteiger partial charge in [0.1, 0.15) is 0 Å². The number of hydrogen-bond donors (Lipinski definition) is 0. The van der Waals surface area contributed by atoms with Gasteiger partial charge in [-0.1, -0.05) is 42.0 Å². The first-order chi connectivity index (χ1) is 6.83. The first-order valence-corrected chi connectivity index (χ1v) is 5.24. The molecule has 0 saturated carbocycles. The van der Waals surface area contributed by atoms with Crippen molar-refractivity contribution in [3.05, 3.63) is 53.6 Å². The third kappa shape index (κ3) is 4.29. The van der Waals surface area contributed by atoms with Gasteiger partial charge in [0.25, 0.3) is 0 Å². The fourth-order valence-electron chi connectivity index (χ4n) is 1.17. The standard InChI is InChI=1S/C13H15Cl/c1-2-3-4-5-6-7-12-8-10-13(14)11-9-12/h2,6-11H,1,3-5H2. The first kappa shape index (κ1) is 11.1. The zero-order valence-electron chi connectivity index (χ0n) is 8.25. The first-order valence-electron chi connectivity index (χ1n) is 4.86. The van der Waals surface area contributed by atoms with E-state index in [1.807, 2.05) is 30.3 Å². The average Bonchev–Trinajstić information content (AvgIpc) is 2.21. The summed E-state index contributed by atoms with van der Waals surface area (Å²) in [5.41, 5.74) is 1.20. The van der Waals surface area contributed by atoms with E-state index in [0.717, 1.165) is 17.9 Å². The normalized spacial score (nSPS) is 10.6. The van der Waals surface area contributed by atoms with E-state index >= 15 is 0 Å². The van der Waals surface area contributed by atoms with Gasteiger partial charge in [0, 0.05) is 5.02 Å². The van der Waals surface area contributed by atoms with Crippen molar-refractivity contribution < 1.29 is 0 Å². The Morgan fingerprint density at radius 1 is 1.14 bits per heavy atom. The van der Waals surface area contributed by atoms with Crippen molar-refractivity contribution in [2.75, 3.05) is 0 Å². The minimum absolute atomic E-state index is 0.786. The Morgan fingerprint density at radius 2 is 1.86 bits per heavy atom. The van der Waals surface area contributed by atoms with Crippen LogP contribution in [0.3, 0.4) is 0 Å². The molecule has 0 unspecified atom stereocenters. The Balaban J connectivity index is 2.36. The van der Waals surface area contributed by atoms with Crippen LogP contribution in [0.5, 0.6) is 0 Å². The topological polar surface area (TPSA) is 0 Å². The highest BCUT2D eigenvalue weighted by atomic mass is 35.5. The maximum Gasteiger partial charge on any atom is 0.0406 e. The summed E-state index contributed by atoms with van der Waals surface area (Å²) in [5, 5.41) is 0.786. The number of unbranched alkanes of at least 4 members (excludes halogenated alkanes) is 2. The lowest BCUT2D eigenvalue weighted by Crippen LogP contribution is -1.71. The van der Waals surface area contributed by atoms with Crippen LogP contribution in [0.1, 0.15) is 24.8 Å². The molecule has 0 aliphatic carbocycles. The summed E-state index contributed by atoms with van der Waals surface area (Å²) >= 11 is 5.78. The molecule has 14 heavy (non-hydrogen) atoms. The molecule has 0 aromatic heterocycles. The van der Waals surface area contributed by atoms with E-state index in [1.165, 1.54) is 12.0 Å². The third-order valence-corrected chi connectivity index (χ3v) is 2.21. The Hall–Kier alpha value is -1.01. The van der Waals surface area contributed by atoms with Crippen LogP contribution in [0.2, 0.25) is 5.02 Å². The molecule has 1 rings (SSSR count). The Bertz CT molecular complexity index is 296. The molecule has 0 radical (unpaired) electrons. The van der Waals surface area contributed by atoms with Crippen LogP contribution < -0.4 is 0 Å². The summed E-state index contributed by atoms with van der Waals surface area (Å²) < 4.78 is 0. The molecular formula is C13H15Cl. The Labute approximate surface area is 90.9 Å². The van der Waals surface area contributed by atoms with Gasteiger partial charge in [-0.2, -0.15) is 0 Å². The zero-order valence-corrected chi connectivity index (χ0v) is 9.00. The maximum absolute atomic E-state index is 5.78. The van der Waals surface area contributed by atoms with Gasteiger partial charge in [0.05, 0.1) is 0 Å². The lowest BCUT2D eigenvalue weighted by Gasteiger charge is -1.93. The summed E-state index contributed by atoms with van der Waals surface area (Å²) in [6.45, 7) is 3.69. The number of benzene rings is 1. The van der Waals surface area contributed by atoms with Crippen LogP contribution in [0, 0.1) is 0 Å².